The topological polar surface area (TPSA) is 20.2 Å². The quantitative estimate of drug-likeness (QED) is 0.647. The number of aliphatic hydroxyl groups is 1. The Labute approximate surface area is 69.1 Å². The average Bonchev–Trinajstić information content (AvgIpc) is 2.05. The van der Waals surface area contributed by atoms with E-state index in [0.29, 0.717) is 5.76 Å². The first-order chi connectivity index (χ1) is 5.24. The molecule has 0 heterocycles. The second-order valence-electron chi connectivity index (χ2n) is 3.62. The molecule has 1 aliphatic rings. The van der Waals surface area contributed by atoms with Crippen LogP contribution in [-0.2, 0) is 0 Å². The fraction of sp³-hybridized carbons (Fsp3) is 0.800. The average molecular weight is 154 g/mol. The minimum Gasteiger partial charge on any atom is -0.513 e. The molecule has 1 heteroatoms. The molecule has 1 aliphatic carbocycles. The molecule has 0 aromatic rings. The Bertz CT molecular complexity index is 149. The van der Waals surface area contributed by atoms with Gasteiger partial charge in [0, 0.05) is 6.42 Å². The van der Waals surface area contributed by atoms with Gasteiger partial charge in [0.2, 0.25) is 0 Å². The number of rotatable bonds is 2. The third-order valence-corrected chi connectivity index (χ3v) is 2.88. The lowest BCUT2D eigenvalue weighted by Crippen LogP contribution is -2.13. The van der Waals surface area contributed by atoms with Gasteiger partial charge in [0.25, 0.3) is 0 Å². The molecule has 64 valence electrons. The number of hydrogen-bond acceptors (Lipinski definition) is 1. The highest BCUT2D eigenvalue weighted by atomic mass is 16.3. The van der Waals surface area contributed by atoms with Gasteiger partial charge >= 0.3 is 0 Å². The standard InChI is InChI=1S/C10H18O/c1-3-8(2)9-4-6-10(11)7-5-9/h6,8-9,11H,3-5,7H2,1-2H3. The Morgan fingerprint density at radius 3 is 2.91 bits per heavy atom. The first-order valence-corrected chi connectivity index (χ1v) is 4.62. The maximum Gasteiger partial charge on any atom is 0.0883 e. The molecular formula is C10H18O. The summed E-state index contributed by atoms with van der Waals surface area (Å²) >= 11 is 0. The summed E-state index contributed by atoms with van der Waals surface area (Å²) in [4.78, 5) is 0. The van der Waals surface area contributed by atoms with Crippen LogP contribution in [0.2, 0.25) is 0 Å². The molecule has 1 rings (SSSR count). The highest BCUT2D eigenvalue weighted by Crippen LogP contribution is 2.29. The van der Waals surface area contributed by atoms with Crippen molar-refractivity contribution in [3.63, 3.8) is 0 Å². The molecule has 11 heavy (non-hydrogen) atoms. The van der Waals surface area contributed by atoms with Crippen molar-refractivity contribution in [3.05, 3.63) is 11.8 Å². The summed E-state index contributed by atoms with van der Waals surface area (Å²) in [6, 6.07) is 0. The van der Waals surface area contributed by atoms with E-state index in [1.54, 1.807) is 0 Å². The zero-order valence-corrected chi connectivity index (χ0v) is 7.51. The fourth-order valence-electron chi connectivity index (χ4n) is 1.69. The van der Waals surface area contributed by atoms with E-state index in [9.17, 15) is 0 Å². The second-order valence-corrected chi connectivity index (χ2v) is 3.62. The van der Waals surface area contributed by atoms with E-state index < -0.39 is 0 Å². The van der Waals surface area contributed by atoms with Crippen molar-refractivity contribution in [1.82, 2.24) is 0 Å². The number of allylic oxidation sites excluding steroid dienone is 2. The van der Waals surface area contributed by atoms with Crippen molar-refractivity contribution in [3.8, 4) is 0 Å². The Balaban J connectivity index is 2.40. The van der Waals surface area contributed by atoms with Crippen molar-refractivity contribution in [2.45, 2.75) is 39.5 Å². The monoisotopic (exact) mass is 154 g/mol. The second kappa shape index (κ2) is 3.80. The van der Waals surface area contributed by atoms with Crippen molar-refractivity contribution < 1.29 is 5.11 Å². The SMILES string of the molecule is CCC(C)C1CC=C(O)CC1. The van der Waals surface area contributed by atoms with Crippen LogP contribution in [-0.4, -0.2) is 5.11 Å². The maximum atomic E-state index is 9.14. The smallest absolute Gasteiger partial charge is 0.0883 e. The molecule has 1 N–H and O–H groups in total. The third kappa shape index (κ3) is 2.25. The highest BCUT2D eigenvalue weighted by Gasteiger charge is 2.18. The Kier molecular flexibility index (Phi) is 2.98. The van der Waals surface area contributed by atoms with E-state index in [2.05, 4.69) is 13.8 Å². The summed E-state index contributed by atoms with van der Waals surface area (Å²) in [6.45, 7) is 4.55. The van der Waals surface area contributed by atoms with E-state index in [-0.39, 0.29) is 0 Å². The normalized spacial score (nSPS) is 27.8. The molecule has 0 aromatic carbocycles. The van der Waals surface area contributed by atoms with E-state index >= 15 is 0 Å². The Morgan fingerprint density at radius 1 is 1.73 bits per heavy atom. The fourth-order valence-corrected chi connectivity index (χ4v) is 1.69. The van der Waals surface area contributed by atoms with Crippen LogP contribution >= 0.6 is 0 Å². The molecule has 0 spiro atoms. The lowest BCUT2D eigenvalue weighted by molar-refractivity contribution is 0.277. The van der Waals surface area contributed by atoms with E-state index in [4.69, 9.17) is 5.11 Å². The highest BCUT2D eigenvalue weighted by molar-refractivity contribution is 4.97. The third-order valence-electron chi connectivity index (χ3n) is 2.88. The Hall–Kier alpha value is -0.460. The molecular weight excluding hydrogens is 136 g/mol. The van der Waals surface area contributed by atoms with Gasteiger partial charge < -0.3 is 5.11 Å². The lowest BCUT2D eigenvalue weighted by atomic mass is 9.82. The molecule has 0 saturated heterocycles. The molecule has 1 nitrogen and oxygen atoms in total. The zero-order valence-electron chi connectivity index (χ0n) is 7.51. The van der Waals surface area contributed by atoms with Crippen LogP contribution in [0.5, 0.6) is 0 Å². The van der Waals surface area contributed by atoms with Gasteiger partial charge in [0.15, 0.2) is 0 Å². The van der Waals surface area contributed by atoms with Crippen molar-refractivity contribution >= 4 is 0 Å². The largest absolute Gasteiger partial charge is 0.513 e. The van der Waals surface area contributed by atoms with E-state index in [1.807, 2.05) is 6.08 Å². The molecule has 0 radical (unpaired) electrons. The summed E-state index contributed by atoms with van der Waals surface area (Å²) in [5.41, 5.74) is 0. The van der Waals surface area contributed by atoms with Gasteiger partial charge in [-0.15, -0.1) is 0 Å². The van der Waals surface area contributed by atoms with Crippen molar-refractivity contribution in [2.24, 2.45) is 11.8 Å². The van der Waals surface area contributed by atoms with Crippen LogP contribution in [0.25, 0.3) is 0 Å². The molecule has 0 aromatic heterocycles. The van der Waals surface area contributed by atoms with Crippen LogP contribution in [0.3, 0.4) is 0 Å². The van der Waals surface area contributed by atoms with Gasteiger partial charge in [0.1, 0.15) is 0 Å². The summed E-state index contributed by atoms with van der Waals surface area (Å²) in [7, 11) is 0. The van der Waals surface area contributed by atoms with Gasteiger partial charge in [-0.1, -0.05) is 20.3 Å². The van der Waals surface area contributed by atoms with E-state index in [0.717, 1.165) is 24.7 Å². The summed E-state index contributed by atoms with van der Waals surface area (Å²) in [5, 5.41) is 9.14. The van der Waals surface area contributed by atoms with Gasteiger partial charge in [-0.25, -0.2) is 0 Å². The molecule has 0 fully saturated rings. The van der Waals surface area contributed by atoms with Crippen LogP contribution in [0.1, 0.15) is 39.5 Å². The summed E-state index contributed by atoms with van der Waals surface area (Å²) < 4.78 is 0. The van der Waals surface area contributed by atoms with Crippen molar-refractivity contribution in [2.75, 3.05) is 0 Å². The van der Waals surface area contributed by atoms with Crippen molar-refractivity contribution in [1.29, 1.82) is 0 Å². The summed E-state index contributed by atoms with van der Waals surface area (Å²) in [6.07, 6.45) is 6.41. The lowest BCUT2D eigenvalue weighted by Gasteiger charge is -2.24. The molecule has 0 saturated carbocycles. The first kappa shape index (κ1) is 8.63. The molecule has 2 unspecified atom stereocenters. The van der Waals surface area contributed by atoms with Gasteiger partial charge in [-0.2, -0.15) is 0 Å². The minimum atomic E-state index is 0.601. The molecule has 2 atom stereocenters. The molecule has 0 amide bonds. The number of hydrogen-bond donors (Lipinski definition) is 1. The molecule has 0 bridgehead atoms. The molecule has 0 aliphatic heterocycles. The van der Waals surface area contributed by atoms with Gasteiger partial charge in [-0.3, -0.25) is 0 Å². The van der Waals surface area contributed by atoms with Gasteiger partial charge in [-0.05, 0) is 30.8 Å². The van der Waals surface area contributed by atoms with Gasteiger partial charge in [0.05, 0.1) is 5.76 Å². The maximum absolute atomic E-state index is 9.14. The predicted octanol–water partition coefficient (Wildman–Crippen LogP) is 3.27. The van der Waals surface area contributed by atoms with E-state index in [1.165, 1.54) is 12.8 Å². The zero-order chi connectivity index (χ0) is 8.27. The van der Waals surface area contributed by atoms with Crippen LogP contribution in [0, 0.1) is 11.8 Å². The van der Waals surface area contributed by atoms with Crippen LogP contribution in [0.15, 0.2) is 11.8 Å². The van der Waals surface area contributed by atoms with Crippen LogP contribution < -0.4 is 0 Å². The summed E-state index contributed by atoms with van der Waals surface area (Å²) in [5.74, 6) is 2.24. The Morgan fingerprint density at radius 2 is 2.45 bits per heavy atom. The predicted molar refractivity (Wildman–Crippen MR) is 47.5 cm³/mol. The minimum absolute atomic E-state index is 0.601. The van der Waals surface area contributed by atoms with Crippen LogP contribution in [0.4, 0.5) is 0 Å². The first-order valence-electron chi connectivity index (χ1n) is 4.62. The number of aliphatic hydroxyl groups excluding tert-OH is 1.